The highest BCUT2D eigenvalue weighted by molar-refractivity contribution is 6.02. The molecule has 2 heteroatoms. The van der Waals surface area contributed by atoms with Crippen LogP contribution >= 0.6 is 0 Å². The first kappa shape index (κ1) is 19.0. The lowest BCUT2D eigenvalue weighted by Gasteiger charge is -2.57. The molecule has 5 atom stereocenters. The standard InChI is InChI=1S/C27H32O2/c1-26-15-14-24-22(23(26)12-13-25(26)29)11-10-20-17-21(28)16-19(27(20,24)2)9-8-18-6-4-3-5-7-18/h3-7,16-17,22-24H,8-15H2,1-2H3/t22-,23-,24-,26-,27-/m0/s1. The van der Waals surface area contributed by atoms with Gasteiger partial charge in [-0.25, -0.2) is 0 Å². The summed E-state index contributed by atoms with van der Waals surface area (Å²) in [6.07, 6.45) is 12.0. The highest BCUT2D eigenvalue weighted by atomic mass is 16.1. The van der Waals surface area contributed by atoms with Gasteiger partial charge in [0.25, 0.3) is 0 Å². The fourth-order valence-electron chi connectivity index (χ4n) is 7.45. The Morgan fingerprint density at radius 3 is 2.48 bits per heavy atom. The zero-order valence-electron chi connectivity index (χ0n) is 17.7. The van der Waals surface area contributed by atoms with Crippen molar-refractivity contribution in [3.8, 4) is 0 Å². The number of fused-ring (bicyclic) bond motifs is 5. The van der Waals surface area contributed by atoms with Crippen LogP contribution in [0.2, 0.25) is 0 Å². The van der Waals surface area contributed by atoms with Gasteiger partial charge in [0.15, 0.2) is 5.78 Å². The van der Waals surface area contributed by atoms with Crippen LogP contribution in [-0.4, -0.2) is 11.6 Å². The first-order valence-corrected chi connectivity index (χ1v) is 11.5. The maximum atomic E-state index is 12.7. The minimum Gasteiger partial charge on any atom is -0.299 e. The molecule has 0 heterocycles. The number of benzene rings is 1. The van der Waals surface area contributed by atoms with Gasteiger partial charge in [0, 0.05) is 17.3 Å². The lowest BCUT2D eigenvalue weighted by Crippen LogP contribution is -2.51. The Kier molecular flexibility index (Phi) is 4.46. The molecule has 1 aromatic carbocycles. The number of aryl methyl sites for hydroxylation is 1. The highest BCUT2D eigenvalue weighted by Crippen LogP contribution is 2.65. The second kappa shape index (κ2) is 6.79. The van der Waals surface area contributed by atoms with E-state index >= 15 is 0 Å². The van der Waals surface area contributed by atoms with E-state index in [4.69, 9.17) is 0 Å². The molecule has 29 heavy (non-hydrogen) atoms. The molecule has 0 spiro atoms. The van der Waals surface area contributed by atoms with E-state index in [0.717, 1.165) is 51.4 Å². The zero-order chi connectivity index (χ0) is 20.2. The number of ketones is 2. The van der Waals surface area contributed by atoms with Crippen LogP contribution in [0.25, 0.3) is 0 Å². The Labute approximate surface area is 174 Å². The summed E-state index contributed by atoms with van der Waals surface area (Å²) in [7, 11) is 0. The molecular formula is C27H32O2. The van der Waals surface area contributed by atoms with Gasteiger partial charge < -0.3 is 0 Å². The Bertz CT molecular complexity index is 908. The Hall–Kier alpha value is -1.96. The highest BCUT2D eigenvalue weighted by Gasteiger charge is 2.59. The molecule has 2 nitrogen and oxygen atoms in total. The molecule has 4 aliphatic carbocycles. The molecule has 1 aromatic rings. The average Bonchev–Trinajstić information content (AvgIpc) is 3.02. The Morgan fingerprint density at radius 2 is 1.69 bits per heavy atom. The molecule has 3 saturated carbocycles. The molecular weight excluding hydrogens is 356 g/mol. The number of hydrogen-bond acceptors (Lipinski definition) is 2. The van der Waals surface area contributed by atoms with Crippen LogP contribution < -0.4 is 0 Å². The van der Waals surface area contributed by atoms with E-state index in [1.165, 1.54) is 16.7 Å². The summed E-state index contributed by atoms with van der Waals surface area (Å²) in [5, 5.41) is 0. The van der Waals surface area contributed by atoms with Gasteiger partial charge in [0.1, 0.15) is 5.78 Å². The number of carbonyl (C=O) groups excluding carboxylic acids is 2. The van der Waals surface area contributed by atoms with Crippen LogP contribution in [0, 0.1) is 28.6 Å². The molecule has 0 saturated heterocycles. The number of allylic oxidation sites excluding steroid dienone is 4. The predicted molar refractivity (Wildman–Crippen MR) is 115 cm³/mol. The second-order valence-electron chi connectivity index (χ2n) is 10.3. The number of carbonyl (C=O) groups is 2. The van der Waals surface area contributed by atoms with Crippen molar-refractivity contribution in [3.63, 3.8) is 0 Å². The fraction of sp³-hybridized carbons (Fsp3) is 0.556. The summed E-state index contributed by atoms with van der Waals surface area (Å²) in [6.45, 7) is 4.66. The summed E-state index contributed by atoms with van der Waals surface area (Å²) < 4.78 is 0. The fourth-order valence-corrected chi connectivity index (χ4v) is 7.45. The van der Waals surface area contributed by atoms with E-state index in [9.17, 15) is 9.59 Å². The summed E-state index contributed by atoms with van der Waals surface area (Å²) in [6, 6.07) is 10.6. The second-order valence-corrected chi connectivity index (χ2v) is 10.3. The minimum absolute atomic E-state index is 0.00141. The third kappa shape index (κ3) is 2.82. The van der Waals surface area contributed by atoms with Gasteiger partial charge in [-0.05, 0) is 80.4 Å². The topological polar surface area (TPSA) is 34.1 Å². The molecule has 0 bridgehead atoms. The zero-order valence-corrected chi connectivity index (χ0v) is 17.7. The molecule has 4 aliphatic rings. The Balaban J connectivity index is 1.47. The SMILES string of the molecule is C[C@]12C(CCc3ccccc3)=CC(=O)C=C1CC[C@@H]1[C@@H]2CC[C@]2(C)C(=O)CC[C@@H]12. The number of rotatable bonds is 3. The smallest absolute Gasteiger partial charge is 0.178 e. The summed E-state index contributed by atoms with van der Waals surface area (Å²) >= 11 is 0. The molecule has 0 amide bonds. The molecule has 0 radical (unpaired) electrons. The van der Waals surface area contributed by atoms with Gasteiger partial charge in [0.2, 0.25) is 0 Å². The van der Waals surface area contributed by atoms with E-state index in [2.05, 4.69) is 44.2 Å². The monoisotopic (exact) mass is 388 g/mol. The van der Waals surface area contributed by atoms with Crippen molar-refractivity contribution in [2.24, 2.45) is 28.6 Å². The molecule has 5 rings (SSSR count). The third-order valence-corrected chi connectivity index (χ3v) is 9.13. The summed E-state index contributed by atoms with van der Waals surface area (Å²) in [5.41, 5.74) is 3.95. The number of Topliss-reactive ketones (excluding diaryl/α,β-unsaturated/α-hetero) is 1. The van der Waals surface area contributed by atoms with Gasteiger partial charge in [-0.2, -0.15) is 0 Å². The van der Waals surface area contributed by atoms with Crippen LogP contribution in [0.15, 0.2) is 53.6 Å². The summed E-state index contributed by atoms with van der Waals surface area (Å²) in [4.78, 5) is 25.2. The van der Waals surface area contributed by atoms with Crippen LogP contribution in [0.4, 0.5) is 0 Å². The van der Waals surface area contributed by atoms with Crippen LogP contribution in [-0.2, 0) is 16.0 Å². The van der Waals surface area contributed by atoms with E-state index in [-0.39, 0.29) is 16.6 Å². The normalized spacial score (nSPS) is 38.6. The third-order valence-electron chi connectivity index (χ3n) is 9.13. The molecule has 0 unspecified atom stereocenters. The average molecular weight is 389 g/mol. The number of hydrogen-bond donors (Lipinski definition) is 0. The lowest BCUT2D eigenvalue weighted by molar-refractivity contribution is -0.131. The Morgan fingerprint density at radius 1 is 0.897 bits per heavy atom. The van der Waals surface area contributed by atoms with Gasteiger partial charge >= 0.3 is 0 Å². The van der Waals surface area contributed by atoms with E-state index in [1.54, 1.807) is 0 Å². The van der Waals surface area contributed by atoms with Crippen LogP contribution in [0.1, 0.15) is 64.4 Å². The van der Waals surface area contributed by atoms with Crippen molar-refractivity contribution < 1.29 is 9.59 Å². The first-order valence-electron chi connectivity index (χ1n) is 11.5. The molecule has 0 N–H and O–H groups in total. The largest absolute Gasteiger partial charge is 0.299 e. The first-order chi connectivity index (χ1) is 13.9. The van der Waals surface area contributed by atoms with E-state index < -0.39 is 0 Å². The van der Waals surface area contributed by atoms with Crippen molar-refractivity contribution in [1.29, 1.82) is 0 Å². The summed E-state index contributed by atoms with van der Waals surface area (Å²) in [5.74, 6) is 2.42. The minimum atomic E-state index is -0.0862. The van der Waals surface area contributed by atoms with Gasteiger partial charge in [0.05, 0.1) is 0 Å². The predicted octanol–water partition coefficient (Wildman–Crippen LogP) is 5.87. The molecule has 0 aromatic heterocycles. The van der Waals surface area contributed by atoms with Gasteiger partial charge in [-0.15, -0.1) is 0 Å². The molecule has 0 aliphatic heterocycles. The van der Waals surface area contributed by atoms with Gasteiger partial charge in [-0.3, -0.25) is 9.59 Å². The van der Waals surface area contributed by atoms with Crippen molar-refractivity contribution in [1.82, 2.24) is 0 Å². The quantitative estimate of drug-likeness (QED) is 0.649. The van der Waals surface area contributed by atoms with Crippen molar-refractivity contribution in [2.45, 2.75) is 65.2 Å². The van der Waals surface area contributed by atoms with E-state index in [0.29, 0.717) is 23.5 Å². The van der Waals surface area contributed by atoms with Gasteiger partial charge in [-0.1, -0.05) is 55.3 Å². The lowest BCUT2D eigenvalue weighted by atomic mass is 9.46. The van der Waals surface area contributed by atoms with Crippen molar-refractivity contribution in [2.75, 3.05) is 0 Å². The van der Waals surface area contributed by atoms with E-state index in [1.807, 2.05) is 12.2 Å². The molecule has 152 valence electrons. The van der Waals surface area contributed by atoms with Crippen LogP contribution in [0.5, 0.6) is 0 Å². The molecule has 3 fully saturated rings. The van der Waals surface area contributed by atoms with Crippen molar-refractivity contribution >= 4 is 11.6 Å². The maximum Gasteiger partial charge on any atom is 0.178 e. The van der Waals surface area contributed by atoms with Crippen LogP contribution in [0.3, 0.4) is 0 Å². The van der Waals surface area contributed by atoms with Crippen molar-refractivity contribution in [3.05, 3.63) is 59.2 Å². The maximum absolute atomic E-state index is 12.7.